The van der Waals surface area contributed by atoms with E-state index in [2.05, 4.69) is 9.72 Å². The summed E-state index contributed by atoms with van der Waals surface area (Å²) in [6, 6.07) is 1.00. The van der Waals surface area contributed by atoms with E-state index in [1.165, 1.54) is 6.07 Å². The van der Waals surface area contributed by atoms with Gasteiger partial charge in [-0.05, 0) is 51.3 Å². The zero-order chi connectivity index (χ0) is 21.3. The summed E-state index contributed by atoms with van der Waals surface area (Å²) in [5, 5.41) is 0. The van der Waals surface area contributed by atoms with Crippen LogP contribution in [0, 0.1) is 5.92 Å². The molecule has 1 aromatic rings. The van der Waals surface area contributed by atoms with Crippen LogP contribution in [0.5, 0.6) is 0 Å². The van der Waals surface area contributed by atoms with Crippen molar-refractivity contribution in [2.75, 3.05) is 7.11 Å². The molecule has 28 heavy (non-hydrogen) atoms. The molecule has 0 bridgehead atoms. The van der Waals surface area contributed by atoms with Gasteiger partial charge in [-0.1, -0.05) is 0 Å². The topological polar surface area (TPSA) is 85.8 Å². The van der Waals surface area contributed by atoms with Crippen LogP contribution in [0.15, 0.2) is 18.3 Å². The molecule has 0 saturated carbocycles. The first-order valence-electron chi connectivity index (χ1n) is 8.49. The molecule has 0 N–H and O–H groups in total. The number of halogens is 3. The molecular formula is C18H21F3N2O5. The Balaban J connectivity index is 2.26. The van der Waals surface area contributed by atoms with E-state index in [9.17, 15) is 27.6 Å². The molecule has 2 amide bonds. The van der Waals surface area contributed by atoms with E-state index in [4.69, 9.17) is 4.74 Å². The Morgan fingerprint density at radius 3 is 2.46 bits per heavy atom. The number of imide groups is 1. The normalized spacial score (nSPS) is 20.2. The van der Waals surface area contributed by atoms with Crippen LogP contribution in [0.1, 0.15) is 38.4 Å². The highest BCUT2D eigenvalue weighted by molar-refractivity contribution is 6.00. The zero-order valence-corrected chi connectivity index (χ0v) is 15.9. The summed E-state index contributed by atoms with van der Waals surface area (Å²) >= 11 is 0. The Labute approximate surface area is 159 Å². The van der Waals surface area contributed by atoms with Gasteiger partial charge in [0.2, 0.25) is 5.91 Å². The molecule has 1 saturated heterocycles. The predicted octanol–water partition coefficient (Wildman–Crippen LogP) is 2.97. The van der Waals surface area contributed by atoms with Gasteiger partial charge in [0.15, 0.2) is 0 Å². The van der Waals surface area contributed by atoms with Crippen molar-refractivity contribution in [2.45, 2.75) is 51.4 Å². The summed E-state index contributed by atoms with van der Waals surface area (Å²) < 4.78 is 48.3. The van der Waals surface area contributed by atoms with Crippen molar-refractivity contribution in [2.24, 2.45) is 5.92 Å². The summed E-state index contributed by atoms with van der Waals surface area (Å²) in [5.74, 6) is -2.37. The number of ether oxygens (including phenoxy) is 2. The maximum absolute atomic E-state index is 12.8. The van der Waals surface area contributed by atoms with E-state index in [-0.39, 0.29) is 18.4 Å². The fraction of sp³-hybridized carbons (Fsp3) is 0.556. The highest BCUT2D eigenvalue weighted by atomic mass is 19.4. The first-order valence-corrected chi connectivity index (χ1v) is 8.49. The van der Waals surface area contributed by atoms with E-state index in [0.29, 0.717) is 4.90 Å². The number of likely N-dealkylation sites (tertiary alicyclic amines) is 1. The van der Waals surface area contributed by atoms with Crippen molar-refractivity contribution in [3.8, 4) is 0 Å². The molecule has 1 aliphatic heterocycles. The molecule has 0 radical (unpaired) electrons. The maximum Gasteiger partial charge on any atom is 0.433 e. The van der Waals surface area contributed by atoms with Gasteiger partial charge in [-0.15, -0.1) is 0 Å². The summed E-state index contributed by atoms with van der Waals surface area (Å²) in [6.45, 7) is 4.81. The van der Waals surface area contributed by atoms with Gasteiger partial charge in [-0.25, -0.2) is 14.5 Å². The molecule has 154 valence electrons. The fourth-order valence-corrected chi connectivity index (χ4v) is 2.90. The van der Waals surface area contributed by atoms with Crippen molar-refractivity contribution in [1.29, 1.82) is 0 Å². The summed E-state index contributed by atoms with van der Waals surface area (Å²) in [4.78, 5) is 41.1. The average Bonchev–Trinajstić information content (AvgIpc) is 2.89. The molecule has 2 rings (SSSR count). The van der Waals surface area contributed by atoms with E-state index < -0.39 is 47.4 Å². The van der Waals surface area contributed by atoms with Crippen LogP contribution in [0.3, 0.4) is 0 Å². The number of alkyl halides is 3. The molecule has 0 aromatic carbocycles. The Bertz CT molecular complexity index is 773. The van der Waals surface area contributed by atoms with Crippen LogP contribution in [-0.2, 0) is 31.7 Å². The van der Waals surface area contributed by atoms with Crippen LogP contribution < -0.4 is 0 Å². The number of nitrogens with zero attached hydrogens (tertiary/aromatic N) is 2. The Hall–Kier alpha value is -2.65. The monoisotopic (exact) mass is 402 g/mol. The fourth-order valence-electron chi connectivity index (χ4n) is 2.90. The minimum absolute atomic E-state index is 0.0750. The maximum atomic E-state index is 12.8. The lowest BCUT2D eigenvalue weighted by molar-refractivity contribution is -0.148. The van der Waals surface area contributed by atoms with Gasteiger partial charge in [0.1, 0.15) is 17.3 Å². The number of amides is 2. The van der Waals surface area contributed by atoms with E-state index in [1.807, 2.05) is 0 Å². The third kappa shape index (κ3) is 4.99. The number of esters is 1. The van der Waals surface area contributed by atoms with Crippen molar-refractivity contribution < 1.29 is 37.0 Å². The lowest BCUT2D eigenvalue weighted by Crippen LogP contribution is -2.46. The van der Waals surface area contributed by atoms with Gasteiger partial charge in [0, 0.05) is 12.1 Å². The molecular weight excluding hydrogens is 381 g/mol. The van der Waals surface area contributed by atoms with E-state index in [0.717, 1.165) is 19.4 Å². The van der Waals surface area contributed by atoms with Gasteiger partial charge < -0.3 is 9.47 Å². The number of methoxy groups -OCH3 is 1. The van der Waals surface area contributed by atoms with Crippen LogP contribution in [0.25, 0.3) is 0 Å². The second-order valence-corrected chi connectivity index (χ2v) is 7.41. The van der Waals surface area contributed by atoms with Gasteiger partial charge in [-0.2, -0.15) is 13.2 Å². The van der Waals surface area contributed by atoms with Crippen LogP contribution >= 0.6 is 0 Å². The highest BCUT2D eigenvalue weighted by Crippen LogP contribution is 2.32. The largest absolute Gasteiger partial charge is 0.467 e. The third-order valence-corrected chi connectivity index (χ3v) is 4.07. The second-order valence-electron chi connectivity index (χ2n) is 7.41. The molecule has 1 fully saturated rings. The third-order valence-electron chi connectivity index (χ3n) is 4.07. The number of aromatic nitrogens is 1. The van der Waals surface area contributed by atoms with Crippen molar-refractivity contribution in [3.63, 3.8) is 0 Å². The first kappa shape index (κ1) is 21.6. The molecule has 2 atom stereocenters. The van der Waals surface area contributed by atoms with Gasteiger partial charge in [0.05, 0.1) is 7.11 Å². The second kappa shape index (κ2) is 7.76. The lowest BCUT2D eigenvalue weighted by Gasteiger charge is -2.26. The number of pyridine rings is 1. The van der Waals surface area contributed by atoms with Crippen molar-refractivity contribution >= 4 is 18.0 Å². The van der Waals surface area contributed by atoms with Gasteiger partial charge in [-0.3, -0.25) is 9.78 Å². The molecule has 2 unspecified atom stereocenters. The van der Waals surface area contributed by atoms with Crippen LogP contribution in [0.2, 0.25) is 0 Å². The Morgan fingerprint density at radius 1 is 1.29 bits per heavy atom. The highest BCUT2D eigenvalue weighted by Gasteiger charge is 2.48. The predicted molar refractivity (Wildman–Crippen MR) is 89.9 cm³/mol. The summed E-state index contributed by atoms with van der Waals surface area (Å²) in [7, 11) is 1.12. The Kier molecular flexibility index (Phi) is 6.00. The van der Waals surface area contributed by atoms with Crippen LogP contribution in [0.4, 0.5) is 18.0 Å². The molecule has 1 aromatic heterocycles. The SMILES string of the molecule is COC(=O)C1CC(Cc2ccnc(C(F)(F)F)c2)C(=O)N1C(=O)OC(C)(C)C. The number of carbonyl (C=O) groups excluding carboxylic acids is 3. The molecule has 7 nitrogen and oxygen atoms in total. The molecule has 2 heterocycles. The van der Waals surface area contributed by atoms with Crippen molar-refractivity contribution in [3.05, 3.63) is 29.6 Å². The molecule has 1 aliphatic rings. The number of hydrogen-bond donors (Lipinski definition) is 0. The van der Waals surface area contributed by atoms with Crippen LogP contribution in [-0.4, -0.2) is 46.6 Å². The zero-order valence-electron chi connectivity index (χ0n) is 15.9. The quantitative estimate of drug-likeness (QED) is 0.723. The number of rotatable bonds is 3. The smallest absolute Gasteiger partial charge is 0.433 e. The molecule has 0 aliphatic carbocycles. The van der Waals surface area contributed by atoms with Crippen molar-refractivity contribution in [1.82, 2.24) is 9.88 Å². The lowest BCUT2D eigenvalue weighted by atomic mass is 9.96. The van der Waals surface area contributed by atoms with Gasteiger partial charge >= 0.3 is 18.2 Å². The first-order chi connectivity index (χ1) is 12.8. The van der Waals surface area contributed by atoms with E-state index >= 15 is 0 Å². The summed E-state index contributed by atoms with van der Waals surface area (Å²) in [5.41, 5.74) is -1.76. The average molecular weight is 402 g/mol. The number of carbonyl (C=O) groups is 3. The summed E-state index contributed by atoms with van der Waals surface area (Å²) in [6.07, 6.45) is -4.78. The minimum atomic E-state index is -4.62. The number of hydrogen-bond acceptors (Lipinski definition) is 6. The minimum Gasteiger partial charge on any atom is -0.467 e. The standard InChI is InChI=1S/C18H21F3N2O5/c1-17(2,3)28-16(26)23-12(15(25)27-4)9-11(14(23)24)7-10-5-6-22-13(8-10)18(19,20)21/h5-6,8,11-12H,7,9H2,1-4H3. The van der Waals surface area contributed by atoms with Gasteiger partial charge in [0.25, 0.3) is 0 Å². The molecule has 10 heteroatoms. The molecule has 0 spiro atoms. The Morgan fingerprint density at radius 2 is 1.93 bits per heavy atom. The van der Waals surface area contributed by atoms with E-state index in [1.54, 1.807) is 20.8 Å².